The highest BCUT2D eigenvalue weighted by Gasteiger charge is 2.24. The highest BCUT2D eigenvalue weighted by molar-refractivity contribution is 5.58. The maximum Gasteiger partial charge on any atom is 0.311 e. The zero-order chi connectivity index (χ0) is 13.8. The van der Waals surface area contributed by atoms with Gasteiger partial charge in [-0.25, -0.2) is 4.98 Å². The first kappa shape index (κ1) is 13.7. The Morgan fingerprint density at radius 3 is 2.68 bits per heavy atom. The van der Waals surface area contributed by atoms with Gasteiger partial charge in [-0.1, -0.05) is 0 Å². The summed E-state index contributed by atoms with van der Waals surface area (Å²) in [4.78, 5) is 19.0. The summed E-state index contributed by atoms with van der Waals surface area (Å²) in [5, 5.41) is 20.0. The number of nitrogens with zero attached hydrogens (tertiary/aromatic N) is 4. The summed E-state index contributed by atoms with van der Waals surface area (Å²) in [7, 11) is 0. The van der Waals surface area contributed by atoms with Crippen LogP contribution in [-0.2, 0) is 0 Å². The van der Waals surface area contributed by atoms with Gasteiger partial charge in [0.2, 0.25) is 5.82 Å². The van der Waals surface area contributed by atoms with Gasteiger partial charge in [-0.3, -0.25) is 15.0 Å². The lowest BCUT2D eigenvalue weighted by atomic mass is 10.2. The molecule has 0 aromatic carbocycles. The first-order valence-corrected chi connectivity index (χ1v) is 6.31. The van der Waals surface area contributed by atoms with Crippen LogP contribution in [0.5, 0.6) is 0 Å². The largest absolute Gasteiger partial charge is 0.395 e. The minimum Gasteiger partial charge on any atom is -0.395 e. The molecule has 0 saturated carbocycles. The molecule has 0 spiro atoms. The molecule has 7 nitrogen and oxygen atoms in total. The molecule has 0 amide bonds. The molecule has 0 atom stereocenters. The summed E-state index contributed by atoms with van der Waals surface area (Å²) in [6.45, 7) is 5.54. The topological polar surface area (TPSA) is 82.7 Å². The van der Waals surface area contributed by atoms with E-state index in [0.29, 0.717) is 25.5 Å². The molecule has 19 heavy (non-hydrogen) atoms. The van der Waals surface area contributed by atoms with Crippen molar-refractivity contribution in [3.63, 3.8) is 0 Å². The molecule has 0 aliphatic carbocycles. The number of rotatable bonds is 4. The molecule has 0 bridgehead atoms. The molecule has 0 radical (unpaired) electrons. The predicted molar refractivity (Wildman–Crippen MR) is 71.4 cm³/mol. The molecule has 1 aliphatic heterocycles. The second kappa shape index (κ2) is 5.94. The smallest absolute Gasteiger partial charge is 0.311 e. The molecule has 104 valence electrons. The van der Waals surface area contributed by atoms with E-state index in [0.717, 1.165) is 18.7 Å². The Labute approximate surface area is 111 Å². The first-order chi connectivity index (χ1) is 9.11. The summed E-state index contributed by atoms with van der Waals surface area (Å²) in [5.74, 6) is 0.444. The second-order valence-corrected chi connectivity index (χ2v) is 4.66. The van der Waals surface area contributed by atoms with Crippen molar-refractivity contribution in [2.24, 2.45) is 0 Å². The Balaban J connectivity index is 2.13. The molecule has 1 N–H and O–H groups in total. The number of β-amino-alcohol motifs (C(OH)–C–C–N with tert-alkyl or cyclic N) is 1. The molecule has 1 aromatic rings. The van der Waals surface area contributed by atoms with Gasteiger partial charge in [0.15, 0.2) is 0 Å². The van der Waals surface area contributed by atoms with Crippen molar-refractivity contribution < 1.29 is 10.0 Å². The van der Waals surface area contributed by atoms with Crippen LogP contribution in [0.4, 0.5) is 11.5 Å². The summed E-state index contributed by atoms with van der Waals surface area (Å²) < 4.78 is 0. The molecule has 1 aliphatic rings. The number of hydrogen-bond donors (Lipinski definition) is 1. The maximum atomic E-state index is 11.1. The van der Waals surface area contributed by atoms with Gasteiger partial charge in [0.25, 0.3) is 0 Å². The average Bonchev–Trinajstić information content (AvgIpc) is 2.40. The highest BCUT2D eigenvalue weighted by Crippen LogP contribution is 2.27. The second-order valence-electron chi connectivity index (χ2n) is 4.66. The third-order valence-electron chi connectivity index (χ3n) is 3.27. The van der Waals surface area contributed by atoms with E-state index in [9.17, 15) is 10.1 Å². The van der Waals surface area contributed by atoms with Gasteiger partial charge < -0.3 is 10.0 Å². The third kappa shape index (κ3) is 3.18. The predicted octanol–water partition coefficient (Wildman–Crippen LogP) is 0.413. The monoisotopic (exact) mass is 266 g/mol. The van der Waals surface area contributed by atoms with Gasteiger partial charge in [0.05, 0.1) is 11.5 Å². The minimum atomic E-state index is -0.380. The number of pyridine rings is 1. The Bertz CT molecular complexity index is 458. The molecule has 1 saturated heterocycles. The van der Waals surface area contributed by atoms with Crippen LogP contribution in [0.3, 0.4) is 0 Å². The summed E-state index contributed by atoms with van der Waals surface area (Å²) in [6, 6.07) is 1.56. The fourth-order valence-electron chi connectivity index (χ4n) is 2.25. The molecule has 2 rings (SSSR count). The average molecular weight is 266 g/mol. The van der Waals surface area contributed by atoms with Gasteiger partial charge in [0.1, 0.15) is 0 Å². The van der Waals surface area contributed by atoms with Gasteiger partial charge in [0, 0.05) is 45.0 Å². The van der Waals surface area contributed by atoms with E-state index < -0.39 is 0 Å². The van der Waals surface area contributed by atoms with Crippen molar-refractivity contribution in [3.05, 3.63) is 27.9 Å². The summed E-state index contributed by atoms with van der Waals surface area (Å²) in [6.07, 6.45) is 1.66. The Kier molecular flexibility index (Phi) is 4.28. The van der Waals surface area contributed by atoms with Crippen LogP contribution in [0.15, 0.2) is 12.3 Å². The number of hydrogen-bond acceptors (Lipinski definition) is 6. The van der Waals surface area contributed by atoms with Gasteiger partial charge in [-0.2, -0.15) is 0 Å². The number of piperazine rings is 1. The molecular formula is C12H18N4O3. The Morgan fingerprint density at radius 2 is 2.11 bits per heavy atom. The van der Waals surface area contributed by atoms with Crippen LogP contribution in [-0.4, -0.2) is 59.2 Å². The van der Waals surface area contributed by atoms with Gasteiger partial charge >= 0.3 is 5.69 Å². The van der Waals surface area contributed by atoms with E-state index in [1.54, 1.807) is 19.2 Å². The van der Waals surface area contributed by atoms with Crippen molar-refractivity contribution >= 4 is 11.5 Å². The van der Waals surface area contributed by atoms with Crippen LogP contribution >= 0.6 is 0 Å². The van der Waals surface area contributed by atoms with E-state index in [1.807, 2.05) is 4.90 Å². The third-order valence-corrected chi connectivity index (χ3v) is 3.27. The van der Waals surface area contributed by atoms with Crippen molar-refractivity contribution in [3.8, 4) is 0 Å². The fraction of sp³-hybridized carbons (Fsp3) is 0.583. The van der Waals surface area contributed by atoms with Crippen molar-refractivity contribution in [1.82, 2.24) is 9.88 Å². The van der Waals surface area contributed by atoms with Crippen molar-refractivity contribution in [2.45, 2.75) is 6.92 Å². The Hall–Kier alpha value is -1.73. The molecular weight excluding hydrogens is 248 g/mol. The van der Waals surface area contributed by atoms with Crippen molar-refractivity contribution in [2.75, 3.05) is 44.2 Å². The van der Waals surface area contributed by atoms with Crippen LogP contribution in [0.25, 0.3) is 0 Å². The lowest BCUT2D eigenvalue weighted by Crippen LogP contribution is -2.47. The van der Waals surface area contributed by atoms with Crippen LogP contribution < -0.4 is 4.90 Å². The number of nitro groups is 1. The van der Waals surface area contributed by atoms with E-state index in [2.05, 4.69) is 9.88 Å². The SMILES string of the molecule is Cc1cnc(N2CCN(CCO)CC2)c([N+](=O)[O-])c1. The highest BCUT2D eigenvalue weighted by atomic mass is 16.6. The fourth-order valence-corrected chi connectivity index (χ4v) is 2.25. The van der Waals surface area contributed by atoms with E-state index in [4.69, 9.17) is 5.11 Å². The van der Waals surface area contributed by atoms with Crippen LogP contribution in [0.2, 0.25) is 0 Å². The lowest BCUT2D eigenvalue weighted by molar-refractivity contribution is -0.384. The molecule has 7 heteroatoms. The number of anilines is 1. The molecule has 0 unspecified atom stereocenters. The number of aromatic nitrogens is 1. The van der Waals surface area contributed by atoms with E-state index >= 15 is 0 Å². The number of aliphatic hydroxyl groups is 1. The standard InChI is InChI=1S/C12H18N4O3/c1-10-8-11(16(18)19)12(13-9-10)15-4-2-14(3-5-15)6-7-17/h8-9,17H,2-7H2,1H3. The van der Waals surface area contributed by atoms with Crippen molar-refractivity contribution in [1.29, 1.82) is 0 Å². The van der Waals surface area contributed by atoms with E-state index in [1.165, 1.54) is 0 Å². The normalized spacial score (nSPS) is 16.6. The van der Waals surface area contributed by atoms with Crippen LogP contribution in [0.1, 0.15) is 5.56 Å². The first-order valence-electron chi connectivity index (χ1n) is 6.31. The summed E-state index contributed by atoms with van der Waals surface area (Å²) >= 11 is 0. The lowest BCUT2D eigenvalue weighted by Gasteiger charge is -2.34. The number of aryl methyl sites for hydroxylation is 1. The molecule has 1 aromatic heterocycles. The number of aliphatic hydroxyl groups excluding tert-OH is 1. The molecule has 2 heterocycles. The quantitative estimate of drug-likeness (QED) is 0.628. The molecule has 1 fully saturated rings. The minimum absolute atomic E-state index is 0.0654. The zero-order valence-electron chi connectivity index (χ0n) is 10.9. The zero-order valence-corrected chi connectivity index (χ0v) is 10.9. The van der Waals surface area contributed by atoms with Crippen LogP contribution in [0, 0.1) is 17.0 Å². The maximum absolute atomic E-state index is 11.1. The van der Waals surface area contributed by atoms with Gasteiger partial charge in [-0.05, 0) is 12.5 Å². The Morgan fingerprint density at radius 1 is 1.42 bits per heavy atom. The van der Waals surface area contributed by atoms with Gasteiger partial charge in [-0.15, -0.1) is 0 Å². The van der Waals surface area contributed by atoms with E-state index in [-0.39, 0.29) is 17.2 Å². The summed E-state index contributed by atoms with van der Waals surface area (Å²) in [5.41, 5.74) is 0.852.